The molecule has 0 aromatic heterocycles. The Hall–Kier alpha value is -0.870. The molecule has 0 unspecified atom stereocenters. The van der Waals surface area contributed by atoms with Crippen LogP contribution in [0.4, 0.5) is 0 Å². The highest BCUT2D eigenvalue weighted by molar-refractivity contribution is 5.82. The van der Waals surface area contributed by atoms with Gasteiger partial charge in [-0.2, -0.15) is 0 Å². The molecule has 0 radical (unpaired) electrons. The van der Waals surface area contributed by atoms with Crippen molar-refractivity contribution < 1.29 is 14.6 Å². The molecule has 0 aliphatic carbocycles. The molecule has 4 heteroatoms. The van der Waals surface area contributed by atoms with Crippen LogP contribution in [-0.4, -0.2) is 47.8 Å². The van der Waals surface area contributed by atoms with E-state index in [2.05, 4.69) is 4.90 Å². The van der Waals surface area contributed by atoms with E-state index in [1.165, 1.54) is 12.5 Å². The van der Waals surface area contributed by atoms with E-state index in [-0.39, 0.29) is 18.0 Å². The van der Waals surface area contributed by atoms with Gasteiger partial charge in [-0.05, 0) is 33.2 Å². The number of hydrogen-bond donors (Lipinski definition) is 1. The van der Waals surface area contributed by atoms with Crippen molar-refractivity contribution in [2.45, 2.75) is 38.8 Å². The molecule has 0 amide bonds. The van der Waals surface area contributed by atoms with Gasteiger partial charge in [-0.25, -0.2) is 4.79 Å². The second-order valence-corrected chi connectivity index (χ2v) is 5.29. The van der Waals surface area contributed by atoms with Crippen LogP contribution in [0.5, 0.6) is 0 Å². The van der Waals surface area contributed by atoms with Gasteiger partial charge in [0.05, 0.1) is 12.7 Å². The van der Waals surface area contributed by atoms with Gasteiger partial charge < -0.3 is 9.84 Å². The van der Waals surface area contributed by atoms with E-state index in [0.29, 0.717) is 12.6 Å². The number of fused-ring (bicyclic) bond motifs is 1. The normalized spacial score (nSPS) is 32.3. The summed E-state index contributed by atoms with van der Waals surface area (Å²) in [5, 5.41) is 9.94. The summed E-state index contributed by atoms with van der Waals surface area (Å²) in [5.74, 6) is -0.208. The standard InChI is InChI=1S/C13H21NO3/c1-9(2)6-13(16)17-8-10-11-4-3-5-14(11)7-12(10)15/h6,10-12,15H,3-5,7-8H2,1-2H3/t10-,11-,12+/m0/s1. The van der Waals surface area contributed by atoms with E-state index in [4.69, 9.17) is 4.74 Å². The van der Waals surface area contributed by atoms with Crippen molar-refractivity contribution in [3.05, 3.63) is 11.6 Å². The maximum atomic E-state index is 11.4. The number of aliphatic hydroxyl groups is 1. The largest absolute Gasteiger partial charge is 0.462 e. The Labute approximate surface area is 102 Å². The summed E-state index contributed by atoms with van der Waals surface area (Å²) < 4.78 is 5.21. The van der Waals surface area contributed by atoms with Crippen molar-refractivity contribution in [2.75, 3.05) is 19.7 Å². The smallest absolute Gasteiger partial charge is 0.330 e. The number of rotatable bonds is 3. The van der Waals surface area contributed by atoms with Gasteiger partial charge in [0.1, 0.15) is 0 Å². The lowest BCUT2D eigenvalue weighted by Gasteiger charge is -2.20. The third-order valence-electron chi connectivity index (χ3n) is 3.65. The topological polar surface area (TPSA) is 49.8 Å². The van der Waals surface area contributed by atoms with Crippen LogP contribution >= 0.6 is 0 Å². The van der Waals surface area contributed by atoms with Crippen LogP contribution in [-0.2, 0) is 9.53 Å². The Kier molecular flexibility index (Phi) is 3.84. The zero-order valence-corrected chi connectivity index (χ0v) is 10.6. The first-order chi connectivity index (χ1) is 8.08. The molecule has 0 spiro atoms. The predicted molar refractivity (Wildman–Crippen MR) is 64.5 cm³/mol. The number of nitrogens with zero attached hydrogens (tertiary/aromatic N) is 1. The highest BCUT2D eigenvalue weighted by atomic mass is 16.5. The van der Waals surface area contributed by atoms with E-state index in [1.54, 1.807) is 0 Å². The van der Waals surface area contributed by atoms with Crippen molar-refractivity contribution >= 4 is 5.97 Å². The summed E-state index contributed by atoms with van der Waals surface area (Å²) >= 11 is 0. The lowest BCUT2D eigenvalue weighted by molar-refractivity contribution is -0.140. The number of carbonyl (C=O) groups is 1. The first-order valence-electron chi connectivity index (χ1n) is 6.31. The lowest BCUT2D eigenvalue weighted by atomic mass is 9.97. The van der Waals surface area contributed by atoms with Gasteiger partial charge in [-0.3, -0.25) is 4.90 Å². The number of allylic oxidation sites excluding steroid dienone is 1. The number of carbonyl (C=O) groups excluding carboxylic acids is 1. The van der Waals surface area contributed by atoms with Gasteiger partial charge in [0.25, 0.3) is 0 Å². The molecule has 4 nitrogen and oxygen atoms in total. The molecule has 3 atom stereocenters. The summed E-state index contributed by atoms with van der Waals surface area (Å²) in [6, 6.07) is 0.407. The van der Waals surface area contributed by atoms with Crippen LogP contribution in [0.2, 0.25) is 0 Å². The van der Waals surface area contributed by atoms with Crippen LogP contribution in [0.25, 0.3) is 0 Å². The van der Waals surface area contributed by atoms with E-state index in [9.17, 15) is 9.90 Å². The molecular weight excluding hydrogens is 218 g/mol. The van der Waals surface area contributed by atoms with Crippen LogP contribution in [0, 0.1) is 5.92 Å². The zero-order chi connectivity index (χ0) is 12.4. The second-order valence-electron chi connectivity index (χ2n) is 5.29. The van der Waals surface area contributed by atoms with Crippen molar-refractivity contribution in [1.29, 1.82) is 0 Å². The number of aliphatic hydroxyl groups excluding tert-OH is 1. The summed E-state index contributed by atoms with van der Waals surface area (Å²) in [4.78, 5) is 13.7. The summed E-state index contributed by atoms with van der Waals surface area (Å²) in [6.07, 6.45) is 3.45. The SMILES string of the molecule is CC(C)=CC(=O)OC[C@@H]1[C@H](O)CN2CCC[C@@H]12. The van der Waals surface area contributed by atoms with Crippen molar-refractivity contribution in [3.63, 3.8) is 0 Å². The Balaban J connectivity index is 1.86. The molecule has 0 aromatic rings. The third-order valence-corrected chi connectivity index (χ3v) is 3.65. The van der Waals surface area contributed by atoms with Crippen LogP contribution in [0.15, 0.2) is 11.6 Å². The molecule has 2 aliphatic heterocycles. The molecule has 2 saturated heterocycles. The van der Waals surface area contributed by atoms with Crippen LogP contribution < -0.4 is 0 Å². The zero-order valence-electron chi connectivity index (χ0n) is 10.6. The highest BCUT2D eigenvalue weighted by Crippen LogP contribution is 2.33. The van der Waals surface area contributed by atoms with Gasteiger partial charge in [-0.15, -0.1) is 0 Å². The lowest BCUT2D eigenvalue weighted by Crippen LogP contribution is -2.30. The van der Waals surface area contributed by atoms with Crippen molar-refractivity contribution in [3.8, 4) is 0 Å². The minimum absolute atomic E-state index is 0.0898. The predicted octanol–water partition coefficient (Wildman–Crippen LogP) is 0.951. The van der Waals surface area contributed by atoms with Crippen molar-refractivity contribution in [2.24, 2.45) is 5.92 Å². The molecule has 96 valence electrons. The van der Waals surface area contributed by atoms with Crippen LogP contribution in [0.1, 0.15) is 26.7 Å². The van der Waals surface area contributed by atoms with Gasteiger partial charge >= 0.3 is 5.97 Å². The van der Waals surface area contributed by atoms with E-state index < -0.39 is 0 Å². The minimum atomic E-state index is -0.347. The maximum Gasteiger partial charge on any atom is 0.330 e. The molecule has 1 N–H and O–H groups in total. The van der Waals surface area contributed by atoms with Crippen molar-refractivity contribution in [1.82, 2.24) is 4.90 Å². The van der Waals surface area contributed by atoms with Gasteiger partial charge in [0.15, 0.2) is 0 Å². The molecule has 0 bridgehead atoms. The van der Waals surface area contributed by atoms with Gasteiger partial charge in [-0.1, -0.05) is 5.57 Å². The fourth-order valence-electron chi connectivity index (χ4n) is 2.87. The second kappa shape index (κ2) is 5.19. The monoisotopic (exact) mass is 239 g/mol. The summed E-state index contributed by atoms with van der Waals surface area (Å²) in [5.41, 5.74) is 0.935. The number of esters is 1. The van der Waals surface area contributed by atoms with Gasteiger partial charge in [0, 0.05) is 24.6 Å². The number of ether oxygens (including phenoxy) is 1. The Morgan fingerprint density at radius 3 is 3.00 bits per heavy atom. The van der Waals surface area contributed by atoms with E-state index >= 15 is 0 Å². The molecule has 2 fully saturated rings. The Morgan fingerprint density at radius 2 is 2.29 bits per heavy atom. The molecule has 2 rings (SSSR count). The fourth-order valence-corrected chi connectivity index (χ4v) is 2.87. The van der Waals surface area contributed by atoms with Crippen LogP contribution in [0.3, 0.4) is 0 Å². The average molecular weight is 239 g/mol. The fraction of sp³-hybridized carbons (Fsp3) is 0.769. The highest BCUT2D eigenvalue weighted by Gasteiger charge is 2.43. The van der Waals surface area contributed by atoms with Gasteiger partial charge in [0.2, 0.25) is 0 Å². The molecule has 17 heavy (non-hydrogen) atoms. The molecule has 2 aliphatic rings. The Morgan fingerprint density at radius 1 is 1.53 bits per heavy atom. The van der Waals surface area contributed by atoms with E-state index in [0.717, 1.165) is 25.1 Å². The molecule has 2 heterocycles. The maximum absolute atomic E-state index is 11.4. The molecular formula is C13H21NO3. The quantitative estimate of drug-likeness (QED) is 0.588. The molecule has 0 aromatic carbocycles. The molecule has 0 saturated carbocycles. The average Bonchev–Trinajstić information content (AvgIpc) is 2.74. The third kappa shape index (κ3) is 2.87. The number of hydrogen-bond acceptors (Lipinski definition) is 4. The summed E-state index contributed by atoms with van der Waals surface area (Å²) in [7, 11) is 0. The minimum Gasteiger partial charge on any atom is -0.462 e. The first kappa shape index (κ1) is 12.6. The van der Waals surface area contributed by atoms with E-state index in [1.807, 2.05) is 13.8 Å². The first-order valence-corrected chi connectivity index (χ1v) is 6.31. The summed E-state index contributed by atoms with van der Waals surface area (Å²) in [6.45, 7) is 5.87. The Bertz CT molecular complexity index is 323.